The fourth-order valence-electron chi connectivity index (χ4n) is 2.31. The quantitative estimate of drug-likeness (QED) is 0.551. The van der Waals surface area contributed by atoms with Crippen LogP contribution in [0.3, 0.4) is 0 Å². The number of hydrogen-bond donors (Lipinski definition) is 1. The number of aliphatic imine (C=N–C) groups is 1. The average Bonchev–Trinajstić information content (AvgIpc) is 2.92. The zero-order chi connectivity index (χ0) is 16.7. The molecule has 0 saturated heterocycles. The number of halogens is 2. The zero-order valence-corrected chi connectivity index (χ0v) is 14.4. The Labute approximate surface area is 146 Å². The SMILES string of the molecule is C=CC(CN=C)CNCc1nccn1Cc1cc(Cl)cc(Cl)c1. The molecule has 0 spiro atoms. The molecule has 1 atom stereocenters. The van der Waals surface area contributed by atoms with Gasteiger partial charge in [0, 0.05) is 48.0 Å². The maximum absolute atomic E-state index is 6.05. The molecule has 0 saturated carbocycles. The van der Waals surface area contributed by atoms with Gasteiger partial charge in [-0.3, -0.25) is 0 Å². The van der Waals surface area contributed by atoms with Crippen LogP contribution in [-0.4, -0.2) is 29.4 Å². The van der Waals surface area contributed by atoms with E-state index in [1.54, 1.807) is 12.3 Å². The molecule has 0 radical (unpaired) electrons. The summed E-state index contributed by atoms with van der Waals surface area (Å²) in [5, 5.41) is 4.65. The summed E-state index contributed by atoms with van der Waals surface area (Å²) >= 11 is 12.1. The van der Waals surface area contributed by atoms with E-state index in [0.717, 1.165) is 17.9 Å². The molecule has 1 aromatic carbocycles. The minimum absolute atomic E-state index is 0.280. The Bertz CT molecular complexity index is 646. The Balaban J connectivity index is 1.96. The maximum Gasteiger partial charge on any atom is 0.122 e. The van der Waals surface area contributed by atoms with Crippen LogP contribution in [0.2, 0.25) is 10.0 Å². The second-order valence-electron chi connectivity index (χ2n) is 5.28. The van der Waals surface area contributed by atoms with Crippen molar-refractivity contribution in [3.63, 3.8) is 0 Å². The fourth-order valence-corrected chi connectivity index (χ4v) is 2.88. The molecule has 0 fully saturated rings. The van der Waals surface area contributed by atoms with Gasteiger partial charge in [-0.15, -0.1) is 6.58 Å². The Morgan fingerprint density at radius 1 is 1.30 bits per heavy atom. The predicted octanol–water partition coefficient (Wildman–Crippen LogP) is 3.83. The second kappa shape index (κ2) is 8.87. The summed E-state index contributed by atoms with van der Waals surface area (Å²) in [5.41, 5.74) is 1.04. The number of benzene rings is 1. The minimum Gasteiger partial charge on any atom is -0.329 e. The Morgan fingerprint density at radius 2 is 2.04 bits per heavy atom. The van der Waals surface area contributed by atoms with Gasteiger partial charge in [-0.25, -0.2) is 4.98 Å². The number of imidazole rings is 1. The molecule has 1 aromatic heterocycles. The van der Waals surface area contributed by atoms with Gasteiger partial charge in [0.05, 0.1) is 6.54 Å². The third-order valence-electron chi connectivity index (χ3n) is 3.46. The van der Waals surface area contributed by atoms with Gasteiger partial charge in [-0.2, -0.15) is 0 Å². The van der Waals surface area contributed by atoms with E-state index in [9.17, 15) is 0 Å². The van der Waals surface area contributed by atoms with Crippen molar-refractivity contribution in [3.05, 3.63) is 64.7 Å². The molecule has 1 N–H and O–H groups in total. The van der Waals surface area contributed by atoms with E-state index in [4.69, 9.17) is 23.2 Å². The van der Waals surface area contributed by atoms with Gasteiger partial charge in [0.15, 0.2) is 0 Å². The van der Waals surface area contributed by atoms with Crippen LogP contribution in [-0.2, 0) is 13.1 Å². The van der Waals surface area contributed by atoms with Crippen molar-refractivity contribution in [1.29, 1.82) is 0 Å². The van der Waals surface area contributed by atoms with Crippen molar-refractivity contribution in [1.82, 2.24) is 14.9 Å². The molecule has 23 heavy (non-hydrogen) atoms. The van der Waals surface area contributed by atoms with E-state index < -0.39 is 0 Å². The van der Waals surface area contributed by atoms with E-state index in [1.165, 1.54) is 0 Å². The van der Waals surface area contributed by atoms with E-state index in [0.29, 0.717) is 29.7 Å². The molecule has 2 aromatic rings. The zero-order valence-electron chi connectivity index (χ0n) is 12.9. The Kier molecular flexibility index (Phi) is 6.84. The van der Waals surface area contributed by atoms with Crippen LogP contribution in [0.15, 0.2) is 48.2 Å². The van der Waals surface area contributed by atoms with Gasteiger partial charge < -0.3 is 14.9 Å². The van der Waals surface area contributed by atoms with Crippen molar-refractivity contribution < 1.29 is 0 Å². The fraction of sp³-hybridized carbons (Fsp3) is 0.294. The summed E-state index contributed by atoms with van der Waals surface area (Å²) in [6.45, 7) is 10.1. The molecule has 6 heteroatoms. The molecule has 0 amide bonds. The lowest BCUT2D eigenvalue weighted by Crippen LogP contribution is -2.24. The molecule has 0 aliphatic heterocycles. The van der Waals surface area contributed by atoms with E-state index in [-0.39, 0.29) is 5.92 Å². The van der Waals surface area contributed by atoms with Crippen molar-refractivity contribution in [2.45, 2.75) is 13.1 Å². The number of aromatic nitrogens is 2. The normalized spacial score (nSPS) is 12.1. The largest absolute Gasteiger partial charge is 0.329 e. The topological polar surface area (TPSA) is 42.2 Å². The Hall–Kier alpha value is -1.62. The minimum atomic E-state index is 0.280. The maximum atomic E-state index is 6.05. The van der Waals surface area contributed by atoms with E-state index >= 15 is 0 Å². The highest BCUT2D eigenvalue weighted by Crippen LogP contribution is 2.20. The average molecular weight is 351 g/mol. The lowest BCUT2D eigenvalue weighted by molar-refractivity contribution is 0.545. The molecule has 0 bridgehead atoms. The number of nitrogens with one attached hydrogen (secondary N) is 1. The van der Waals surface area contributed by atoms with Crippen molar-refractivity contribution in [2.75, 3.05) is 13.1 Å². The van der Waals surface area contributed by atoms with Crippen molar-refractivity contribution in [3.8, 4) is 0 Å². The summed E-state index contributed by atoms with van der Waals surface area (Å²) in [6.07, 6.45) is 5.63. The number of nitrogens with zero attached hydrogens (tertiary/aromatic N) is 3. The van der Waals surface area contributed by atoms with Crippen LogP contribution in [0.5, 0.6) is 0 Å². The van der Waals surface area contributed by atoms with Gasteiger partial charge >= 0.3 is 0 Å². The molecule has 2 rings (SSSR count). The van der Waals surface area contributed by atoms with Gasteiger partial charge in [-0.1, -0.05) is 29.3 Å². The molecule has 122 valence electrons. The van der Waals surface area contributed by atoms with Crippen molar-refractivity contribution in [2.24, 2.45) is 10.9 Å². The summed E-state index contributed by atoms with van der Waals surface area (Å²) < 4.78 is 2.07. The van der Waals surface area contributed by atoms with Gasteiger partial charge in [0.1, 0.15) is 5.82 Å². The highest BCUT2D eigenvalue weighted by molar-refractivity contribution is 6.34. The molecule has 0 aliphatic carbocycles. The lowest BCUT2D eigenvalue weighted by atomic mass is 10.1. The first-order valence-corrected chi connectivity index (χ1v) is 8.08. The van der Waals surface area contributed by atoms with Crippen LogP contribution in [0, 0.1) is 5.92 Å². The molecular weight excluding hydrogens is 331 g/mol. The highest BCUT2D eigenvalue weighted by atomic mass is 35.5. The van der Waals surface area contributed by atoms with Gasteiger partial charge in [0.2, 0.25) is 0 Å². The van der Waals surface area contributed by atoms with Crippen LogP contribution in [0.25, 0.3) is 0 Å². The highest BCUT2D eigenvalue weighted by Gasteiger charge is 2.07. The predicted molar refractivity (Wildman–Crippen MR) is 97.6 cm³/mol. The van der Waals surface area contributed by atoms with E-state index in [1.807, 2.05) is 24.4 Å². The summed E-state index contributed by atoms with van der Waals surface area (Å²) in [7, 11) is 0. The monoisotopic (exact) mass is 350 g/mol. The summed E-state index contributed by atoms with van der Waals surface area (Å²) in [6, 6.07) is 5.55. The number of hydrogen-bond acceptors (Lipinski definition) is 3. The van der Waals surface area contributed by atoms with Gasteiger partial charge in [0.25, 0.3) is 0 Å². The third kappa shape index (κ3) is 5.50. The van der Waals surface area contributed by atoms with Crippen LogP contribution >= 0.6 is 23.2 Å². The van der Waals surface area contributed by atoms with Crippen LogP contribution < -0.4 is 5.32 Å². The van der Waals surface area contributed by atoms with Crippen LogP contribution in [0.1, 0.15) is 11.4 Å². The van der Waals surface area contributed by atoms with Crippen LogP contribution in [0.4, 0.5) is 0 Å². The first kappa shape index (κ1) is 17.7. The molecule has 0 aliphatic rings. The summed E-state index contributed by atoms with van der Waals surface area (Å²) in [4.78, 5) is 8.30. The smallest absolute Gasteiger partial charge is 0.122 e. The molecular formula is C17H20Cl2N4. The lowest BCUT2D eigenvalue weighted by Gasteiger charge is -2.12. The van der Waals surface area contributed by atoms with E-state index in [2.05, 4.69) is 33.2 Å². The second-order valence-corrected chi connectivity index (χ2v) is 6.15. The third-order valence-corrected chi connectivity index (χ3v) is 3.90. The Morgan fingerprint density at radius 3 is 2.70 bits per heavy atom. The standard InChI is InChI=1S/C17H20Cl2N4/c1-3-13(9-20-2)10-21-11-17-22-4-5-23(17)12-14-6-15(18)8-16(19)7-14/h3-8,13,21H,1-2,9-12H2. The number of rotatable bonds is 9. The molecule has 4 nitrogen and oxygen atoms in total. The first-order chi connectivity index (χ1) is 11.1. The van der Waals surface area contributed by atoms with Gasteiger partial charge in [-0.05, 0) is 30.5 Å². The van der Waals surface area contributed by atoms with Crippen molar-refractivity contribution >= 4 is 29.9 Å². The molecule has 1 unspecified atom stereocenters. The molecule has 1 heterocycles. The summed E-state index contributed by atoms with van der Waals surface area (Å²) in [5.74, 6) is 1.23. The first-order valence-electron chi connectivity index (χ1n) is 7.33.